The van der Waals surface area contributed by atoms with Crippen molar-refractivity contribution in [3.8, 4) is 11.7 Å². The van der Waals surface area contributed by atoms with Crippen LogP contribution >= 0.6 is 11.6 Å². The summed E-state index contributed by atoms with van der Waals surface area (Å²) >= 11 is 5.67. The molecular weight excluding hydrogens is 228 g/mol. The molecule has 5 heteroatoms. The third-order valence-electron chi connectivity index (χ3n) is 2.03. The number of oxazole rings is 1. The fourth-order valence-corrected chi connectivity index (χ4v) is 1.39. The molecule has 2 aromatic heterocycles. The van der Waals surface area contributed by atoms with Crippen molar-refractivity contribution >= 4 is 11.6 Å². The molecule has 0 saturated heterocycles. The van der Waals surface area contributed by atoms with Gasteiger partial charge in [0.15, 0.2) is 11.0 Å². The number of nitrogens with one attached hydrogen (secondary N) is 1. The van der Waals surface area contributed by atoms with Crippen molar-refractivity contribution in [2.24, 2.45) is 0 Å². The molecule has 0 saturated carbocycles. The maximum atomic E-state index is 5.67. The number of hydrogen-bond donors (Lipinski definition) is 1. The number of halogens is 1. The summed E-state index contributed by atoms with van der Waals surface area (Å²) in [4.78, 5) is 4.28. The second-order valence-electron chi connectivity index (χ2n) is 3.78. The van der Waals surface area contributed by atoms with Crippen LogP contribution in [0.5, 0.6) is 0 Å². The number of nitrogens with zero attached hydrogens (tertiary/aromatic N) is 1. The molecule has 1 N–H and O–H groups in total. The van der Waals surface area contributed by atoms with E-state index in [1.54, 1.807) is 18.4 Å². The van der Waals surface area contributed by atoms with Gasteiger partial charge in [0, 0.05) is 12.6 Å². The molecule has 0 amide bonds. The van der Waals surface area contributed by atoms with Gasteiger partial charge in [-0.3, -0.25) is 0 Å². The standard InChI is InChI=1S/C11H13ClN2O2/c1-7(2)13-5-8-6-15-11(14-8)9-3-4-10(12)16-9/h3-4,6-7,13H,5H2,1-2H3. The lowest BCUT2D eigenvalue weighted by Crippen LogP contribution is -2.21. The maximum absolute atomic E-state index is 5.67. The summed E-state index contributed by atoms with van der Waals surface area (Å²) in [6.07, 6.45) is 1.61. The van der Waals surface area contributed by atoms with Gasteiger partial charge < -0.3 is 14.2 Å². The topological polar surface area (TPSA) is 51.2 Å². The fourth-order valence-electron chi connectivity index (χ4n) is 1.24. The first kappa shape index (κ1) is 11.2. The second kappa shape index (κ2) is 4.72. The van der Waals surface area contributed by atoms with Crippen LogP contribution < -0.4 is 5.32 Å². The van der Waals surface area contributed by atoms with Crippen molar-refractivity contribution in [3.05, 3.63) is 29.3 Å². The highest BCUT2D eigenvalue weighted by Gasteiger charge is 2.10. The van der Waals surface area contributed by atoms with Crippen LogP contribution in [0.25, 0.3) is 11.7 Å². The van der Waals surface area contributed by atoms with Crippen molar-refractivity contribution in [2.45, 2.75) is 26.4 Å². The van der Waals surface area contributed by atoms with Gasteiger partial charge in [-0.05, 0) is 23.7 Å². The van der Waals surface area contributed by atoms with E-state index in [9.17, 15) is 0 Å². The molecular formula is C11H13ClN2O2. The lowest BCUT2D eigenvalue weighted by molar-refractivity contribution is 0.517. The Morgan fingerprint density at radius 1 is 1.44 bits per heavy atom. The minimum atomic E-state index is 0.329. The Kier molecular flexibility index (Phi) is 3.31. The minimum Gasteiger partial charge on any atom is -0.442 e. The van der Waals surface area contributed by atoms with Gasteiger partial charge in [-0.2, -0.15) is 0 Å². The molecule has 86 valence electrons. The summed E-state index contributed by atoms with van der Waals surface area (Å²) in [5.41, 5.74) is 0.844. The minimum absolute atomic E-state index is 0.329. The highest BCUT2D eigenvalue weighted by molar-refractivity contribution is 6.28. The molecule has 0 atom stereocenters. The highest BCUT2D eigenvalue weighted by atomic mass is 35.5. The van der Waals surface area contributed by atoms with Gasteiger partial charge in [-0.1, -0.05) is 13.8 Å². The Labute approximate surface area is 98.6 Å². The van der Waals surface area contributed by atoms with E-state index in [1.165, 1.54) is 0 Å². The molecule has 0 radical (unpaired) electrons. The second-order valence-corrected chi connectivity index (χ2v) is 4.16. The Balaban J connectivity index is 2.07. The van der Waals surface area contributed by atoms with Crippen LogP contribution in [0, 0.1) is 0 Å². The van der Waals surface area contributed by atoms with Gasteiger partial charge in [-0.15, -0.1) is 0 Å². The van der Waals surface area contributed by atoms with Gasteiger partial charge in [0.05, 0.1) is 5.69 Å². The van der Waals surface area contributed by atoms with Crippen molar-refractivity contribution in [1.29, 1.82) is 0 Å². The van der Waals surface area contributed by atoms with Crippen LogP contribution in [0.4, 0.5) is 0 Å². The molecule has 4 nitrogen and oxygen atoms in total. The molecule has 2 aromatic rings. The lowest BCUT2D eigenvalue weighted by Gasteiger charge is -2.03. The fraction of sp³-hybridized carbons (Fsp3) is 0.364. The first-order chi connectivity index (χ1) is 7.65. The molecule has 2 rings (SSSR count). The molecule has 0 fully saturated rings. The molecule has 0 spiro atoms. The van der Waals surface area contributed by atoms with E-state index >= 15 is 0 Å². The van der Waals surface area contributed by atoms with Gasteiger partial charge >= 0.3 is 0 Å². The molecule has 0 aliphatic heterocycles. The third-order valence-corrected chi connectivity index (χ3v) is 2.23. The molecule has 2 heterocycles. The average molecular weight is 241 g/mol. The van der Waals surface area contributed by atoms with Crippen LogP contribution in [0.1, 0.15) is 19.5 Å². The first-order valence-corrected chi connectivity index (χ1v) is 5.46. The molecule has 0 unspecified atom stereocenters. The van der Waals surface area contributed by atoms with Gasteiger partial charge in [-0.25, -0.2) is 4.98 Å². The molecule has 16 heavy (non-hydrogen) atoms. The van der Waals surface area contributed by atoms with E-state index in [4.69, 9.17) is 20.4 Å². The quantitative estimate of drug-likeness (QED) is 0.892. The first-order valence-electron chi connectivity index (χ1n) is 5.08. The number of furan rings is 1. The van der Waals surface area contributed by atoms with E-state index in [1.807, 2.05) is 0 Å². The predicted molar refractivity (Wildman–Crippen MR) is 61.2 cm³/mol. The maximum Gasteiger partial charge on any atom is 0.263 e. The van der Waals surface area contributed by atoms with E-state index in [0.717, 1.165) is 5.69 Å². The van der Waals surface area contributed by atoms with Crippen LogP contribution in [-0.2, 0) is 6.54 Å². The number of hydrogen-bond acceptors (Lipinski definition) is 4. The van der Waals surface area contributed by atoms with Gasteiger partial charge in [0.1, 0.15) is 6.26 Å². The van der Waals surface area contributed by atoms with Gasteiger partial charge in [0.25, 0.3) is 5.89 Å². The Hall–Kier alpha value is -1.26. The van der Waals surface area contributed by atoms with Crippen molar-refractivity contribution in [2.75, 3.05) is 0 Å². The van der Waals surface area contributed by atoms with Crippen molar-refractivity contribution < 1.29 is 8.83 Å². The summed E-state index contributed by atoms with van der Waals surface area (Å²) < 4.78 is 10.5. The van der Waals surface area contributed by atoms with E-state index in [0.29, 0.717) is 29.5 Å². The summed E-state index contributed by atoms with van der Waals surface area (Å²) in [5, 5.41) is 3.58. The van der Waals surface area contributed by atoms with Crippen molar-refractivity contribution in [3.63, 3.8) is 0 Å². The largest absolute Gasteiger partial charge is 0.442 e. The Morgan fingerprint density at radius 2 is 2.25 bits per heavy atom. The van der Waals surface area contributed by atoms with E-state index < -0.39 is 0 Å². The molecule has 0 aliphatic carbocycles. The normalized spacial score (nSPS) is 11.2. The Morgan fingerprint density at radius 3 is 2.88 bits per heavy atom. The number of rotatable bonds is 4. The van der Waals surface area contributed by atoms with Crippen LogP contribution in [0.3, 0.4) is 0 Å². The van der Waals surface area contributed by atoms with Crippen LogP contribution in [0.15, 0.2) is 27.2 Å². The summed E-state index contributed by atoms with van der Waals surface area (Å²) in [7, 11) is 0. The highest BCUT2D eigenvalue weighted by Crippen LogP contribution is 2.23. The summed E-state index contributed by atoms with van der Waals surface area (Å²) in [6, 6.07) is 3.80. The zero-order valence-electron chi connectivity index (χ0n) is 9.16. The van der Waals surface area contributed by atoms with Crippen LogP contribution in [-0.4, -0.2) is 11.0 Å². The smallest absolute Gasteiger partial charge is 0.263 e. The third kappa shape index (κ3) is 2.65. The van der Waals surface area contributed by atoms with E-state index in [2.05, 4.69) is 24.1 Å². The zero-order chi connectivity index (χ0) is 11.5. The average Bonchev–Trinajstić information content (AvgIpc) is 2.83. The number of aromatic nitrogens is 1. The molecule has 0 aromatic carbocycles. The SMILES string of the molecule is CC(C)NCc1coc(-c2ccc(Cl)o2)n1. The Bertz CT molecular complexity index is 462. The van der Waals surface area contributed by atoms with Gasteiger partial charge in [0.2, 0.25) is 0 Å². The van der Waals surface area contributed by atoms with E-state index in [-0.39, 0.29) is 0 Å². The molecule has 0 bridgehead atoms. The monoisotopic (exact) mass is 240 g/mol. The summed E-state index contributed by atoms with van der Waals surface area (Å²) in [6.45, 7) is 4.83. The van der Waals surface area contributed by atoms with Crippen molar-refractivity contribution in [1.82, 2.24) is 10.3 Å². The van der Waals surface area contributed by atoms with Crippen LogP contribution in [0.2, 0.25) is 5.22 Å². The summed E-state index contributed by atoms with van der Waals surface area (Å²) in [5.74, 6) is 0.994. The molecule has 0 aliphatic rings. The lowest BCUT2D eigenvalue weighted by atomic mass is 10.3. The zero-order valence-corrected chi connectivity index (χ0v) is 9.91. The predicted octanol–water partition coefficient (Wildman–Crippen LogP) is 3.09.